The molecule has 1 fully saturated rings. The molecule has 0 bridgehead atoms. The summed E-state index contributed by atoms with van der Waals surface area (Å²) in [4.78, 5) is 0. The summed E-state index contributed by atoms with van der Waals surface area (Å²) >= 11 is 0. The lowest BCUT2D eigenvalue weighted by Crippen LogP contribution is -2.19. The molecule has 60 valence electrons. The lowest BCUT2D eigenvalue weighted by atomic mass is 9.94. The van der Waals surface area contributed by atoms with Crippen molar-refractivity contribution in [2.75, 3.05) is 26.8 Å². The molecule has 1 N–H and O–H groups in total. The van der Waals surface area contributed by atoms with E-state index in [2.05, 4.69) is 12.2 Å². The van der Waals surface area contributed by atoms with Crippen LogP contribution in [0.1, 0.15) is 13.3 Å². The van der Waals surface area contributed by atoms with E-state index in [0.29, 0.717) is 0 Å². The van der Waals surface area contributed by atoms with Gasteiger partial charge >= 0.3 is 0 Å². The molecule has 0 aromatic rings. The highest BCUT2D eigenvalue weighted by Gasteiger charge is 2.20. The van der Waals surface area contributed by atoms with Gasteiger partial charge in [0, 0.05) is 13.7 Å². The van der Waals surface area contributed by atoms with Crippen LogP contribution in [0.2, 0.25) is 0 Å². The minimum absolute atomic E-state index is 0.722. The maximum atomic E-state index is 5.09. The van der Waals surface area contributed by atoms with Gasteiger partial charge in [-0.1, -0.05) is 6.92 Å². The Morgan fingerprint density at radius 3 is 3.00 bits per heavy atom. The first-order chi connectivity index (χ1) is 4.84. The molecule has 0 amide bonds. The molecule has 0 spiro atoms. The Balaban J connectivity index is 2.18. The fraction of sp³-hybridized carbons (Fsp3) is 1.00. The average Bonchev–Trinajstić information content (AvgIpc) is 2.38. The summed E-state index contributed by atoms with van der Waals surface area (Å²) in [5, 5.41) is 3.36. The van der Waals surface area contributed by atoms with Crippen LogP contribution in [0.4, 0.5) is 0 Å². The van der Waals surface area contributed by atoms with Gasteiger partial charge in [0.25, 0.3) is 0 Å². The molecule has 0 aromatic heterocycles. The van der Waals surface area contributed by atoms with E-state index in [9.17, 15) is 0 Å². The number of ether oxygens (including phenoxy) is 1. The second-order valence-corrected chi connectivity index (χ2v) is 3.19. The summed E-state index contributed by atoms with van der Waals surface area (Å²) < 4.78 is 5.09. The van der Waals surface area contributed by atoms with E-state index in [-0.39, 0.29) is 0 Å². The van der Waals surface area contributed by atoms with Crippen molar-refractivity contribution in [1.29, 1.82) is 0 Å². The van der Waals surface area contributed by atoms with Crippen LogP contribution in [0, 0.1) is 11.8 Å². The Morgan fingerprint density at radius 1 is 1.70 bits per heavy atom. The predicted octanol–water partition coefficient (Wildman–Crippen LogP) is 0.878. The molecule has 1 rings (SSSR count). The third-order valence-electron chi connectivity index (χ3n) is 2.33. The lowest BCUT2D eigenvalue weighted by Gasteiger charge is -2.16. The van der Waals surface area contributed by atoms with Crippen molar-refractivity contribution in [3.63, 3.8) is 0 Å². The Kier molecular flexibility index (Phi) is 3.16. The first-order valence-electron chi connectivity index (χ1n) is 4.04. The molecular weight excluding hydrogens is 126 g/mol. The van der Waals surface area contributed by atoms with Crippen molar-refractivity contribution in [3.8, 4) is 0 Å². The highest BCUT2D eigenvalue weighted by Crippen LogP contribution is 2.18. The van der Waals surface area contributed by atoms with Crippen molar-refractivity contribution in [2.45, 2.75) is 13.3 Å². The number of nitrogens with one attached hydrogen (secondary N) is 1. The van der Waals surface area contributed by atoms with Crippen LogP contribution in [0.5, 0.6) is 0 Å². The van der Waals surface area contributed by atoms with E-state index in [1.165, 1.54) is 19.5 Å². The van der Waals surface area contributed by atoms with Gasteiger partial charge in [0.15, 0.2) is 0 Å². The van der Waals surface area contributed by atoms with Crippen molar-refractivity contribution in [1.82, 2.24) is 5.32 Å². The van der Waals surface area contributed by atoms with Crippen LogP contribution in [0.15, 0.2) is 0 Å². The van der Waals surface area contributed by atoms with Gasteiger partial charge in [-0.3, -0.25) is 0 Å². The number of methoxy groups -OCH3 is 1. The number of rotatable bonds is 3. The molecule has 0 radical (unpaired) electrons. The average molecular weight is 143 g/mol. The van der Waals surface area contributed by atoms with Gasteiger partial charge in [0.05, 0.1) is 0 Å². The fourth-order valence-electron chi connectivity index (χ4n) is 1.56. The molecule has 0 aromatic carbocycles. The SMILES string of the molecule is COCC(C)C1CCNC1. The topological polar surface area (TPSA) is 21.3 Å². The first kappa shape index (κ1) is 8.02. The highest BCUT2D eigenvalue weighted by molar-refractivity contribution is 4.75. The van der Waals surface area contributed by atoms with Crippen LogP contribution >= 0.6 is 0 Å². The summed E-state index contributed by atoms with van der Waals surface area (Å²) in [7, 11) is 1.78. The Bertz CT molecular complexity index is 89.3. The minimum Gasteiger partial charge on any atom is -0.384 e. The van der Waals surface area contributed by atoms with Crippen LogP contribution in [-0.2, 0) is 4.74 Å². The fourth-order valence-corrected chi connectivity index (χ4v) is 1.56. The number of hydrogen-bond donors (Lipinski definition) is 1. The van der Waals surface area contributed by atoms with Crippen LogP contribution in [-0.4, -0.2) is 26.8 Å². The van der Waals surface area contributed by atoms with E-state index in [0.717, 1.165) is 18.4 Å². The molecule has 10 heavy (non-hydrogen) atoms. The van der Waals surface area contributed by atoms with Gasteiger partial charge < -0.3 is 10.1 Å². The largest absolute Gasteiger partial charge is 0.384 e. The first-order valence-corrected chi connectivity index (χ1v) is 4.04. The van der Waals surface area contributed by atoms with E-state index < -0.39 is 0 Å². The zero-order valence-electron chi connectivity index (χ0n) is 6.89. The third-order valence-corrected chi connectivity index (χ3v) is 2.33. The summed E-state index contributed by atoms with van der Waals surface area (Å²) in [5.41, 5.74) is 0. The monoisotopic (exact) mass is 143 g/mol. The third kappa shape index (κ3) is 1.96. The van der Waals surface area contributed by atoms with Crippen molar-refractivity contribution in [3.05, 3.63) is 0 Å². The van der Waals surface area contributed by atoms with E-state index in [1.54, 1.807) is 7.11 Å². The van der Waals surface area contributed by atoms with Gasteiger partial charge in [0.1, 0.15) is 0 Å². The van der Waals surface area contributed by atoms with Gasteiger partial charge in [-0.25, -0.2) is 0 Å². The molecule has 1 saturated heterocycles. The molecular formula is C8H17NO. The predicted molar refractivity (Wildman–Crippen MR) is 42.0 cm³/mol. The zero-order valence-corrected chi connectivity index (χ0v) is 6.89. The molecule has 2 unspecified atom stereocenters. The molecule has 0 saturated carbocycles. The second-order valence-electron chi connectivity index (χ2n) is 3.19. The summed E-state index contributed by atoms with van der Waals surface area (Å²) in [6.45, 7) is 5.55. The van der Waals surface area contributed by atoms with Crippen molar-refractivity contribution in [2.24, 2.45) is 11.8 Å². The lowest BCUT2D eigenvalue weighted by molar-refractivity contribution is 0.134. The number of hydrogen-bond acceptors (Lipinski definition) is 2. The van der Waals surface area contributed by atoms with Gasteiger partial charge in [-0.15, -0.1) is 0 Å². The quantitative estimate of drug-likeness (QED) is 0.633. The highest BCUT2D eigenvalue weighted by atomic mass is 16.5. The van der Waals surface area contributed by atoms with Gasteiger partial charge in [-0.2, -0.15) is 0 Å². The standard InChI is InChI=1S/C8H17NO/c1-7(6-10-2)8-3-4-9-5-8/h7-9H,3-6H2,1-2H3. The smallest absolute Gasteiger partial charge is 0.0490 e. The van der Waals surface area contributed by atoms with Crippen molar-refractivity contribution >= 4 is 0 Å². The Hall–Kier alpha value is -0.0800. The van der Waals surface area contributed by atoms with Crippen LogP contribution in [0.25, 0.3) is 0 Å². The Labute approximate surface area is 63.0 Å². The molecule has 0 aliphatic carbocycles. The molecule has 2 atom stereocenters. The summed E-state index contributed by atoms with van der Waals surface area (Å²) in [5.74, 6) is 1.57. The summed E-state index contributed by atoms with van der Waals surface area (Å²) in [6.07, 6.45) is 1.32. The molecule has 1 aliphatic rings. The van der Waals surface area contributed by atoms with Crippen LogP contribution in [0.3, 0.4) is 0 Å². The maximum absolute atomic E-state index is 5.09. The van der Waals surface area contributed by atoms with E-state index in [1.807, 2.05) is 0 Å². The normalized spacial score (nSPS) is 28.8. The zero-order chi connectivity index (χ0) is 7.40. The van der Waals surface area contributed by atoms with E-state index >= 15 is 0 Å². The molecule has 2 heteroatoms. The van der Waals surface area contributed by atoms with E-state index in [4.69, 9.17) is 4.74 Å². The second kappa shape index (κ2) is 3.94. The van der Waals surface area contributed by atoms with Gasteiger partial charge in [0.2, 0.25) is 0 Å². The molecule has 1 aliphatic heterocycles. The minimum atomic E-state index is 0.722. The van der Waals surface area contributed by atoms with Crippen molar-refractivity contribution < 1.29 is 4.74 Å². The molecule has 1 heterocycles. The maximum Gasteiger partial charge on any atom is 0.0490 e. The van der Waals surface area contributed by atoms with Crippen LogP contribution < -0.4 is 5.32 Å². The summed E-state index contributed by atoms with van der Waals surface area (Å²) in [6, 6.07) is 0. The molecule has 2 nitrogen and oxygen atoms in total. The van der Waals surface area contributed by atoms with Gasteiger partial charge in [-0.05, 0) is 31.3 Å². The Morgan fingerprint density at radius 2 is 2.50 bits per heavy atom.